The highest BCUT2D eigenvalue weighted by Crippen LogP contribution is 2.32. The van der Waals surface area contributed by atoms with Crippen molar-refractivity contribution in [3.8, 4) is 0 Å². The van der Waals surface area contributed by atoms with E-state index in [-0.39, 0.29) is 34.6 Å². The minimum absolute atomic E-state index is 0.0697. The summed E-state index contributed by atoms with van der Waals surface area (Å²) in [5.74, 6) is -1.07. The Morgan fingerprint density at radius 2 is 1.84 bits per heavy atom. The van der Waals surface area contributed by atoms with Crippen LogP contribution in [0.25, 0.3) is 0 Å². The lowest BCUT2D eigenvalue weighted by Gasteiger charge is -2.31. The van der Waals surface area contributed by atoms with Gasteiger partial charge in [0.05, 0.1) is 0 Å². The van der Waals surface area contributed by atoms with Crippen molar-refractivity contribution in [2.24, 2.45) is 0 Å². The fourth-order valence-corrected chi connectivity index (χ4v) is 4.58. The Morgan fingerprint density at radius 1 is 1.05 bits per heavy atom. The average molecular weight is 517 g/mol. The molecular formula is C29H29FN4O2S. The molecule has 0 saturated carbocycles. The van der Waals surface area contributed by atoms with Gasteiger partial charge in [0.2, 0.25) is 5.91 Å². The fraction of sp³-hybridized carbons (Fsp3) is 0.241. The number of rotatable bonds is 8. The van der Waals surface area contributed by atoms with Crippen molar-refractivity contribution >= 4 is 28.8 Å². The zero-order valence-corrected chi connectivity index (χ0v) is 21.8. The van der Waals surface area contributed by atoms with Gasteiger partial charge in [0.15, 0.2) is 5.01 Å². The minimum Gasteiger partial charge on any atom is -0.354 e. The van der Waals surface area contributed by atoms with Crippen LogP contribution in [0.5, 0.6) is 0 Å². The molecule has 2 amide bonds. The summed E-state index contributed by atoms with van der Waals surface area (Å²) in [6, 6.07) is 16.5. The molecule has 0 aliphatic rings. The first kappa shape index (κ1) is 26.2. The number of anilines is 1. The first-order valence-electron chi connectivity index (χ1n) is 12.0. The van der Waals surface area contributed by atoms with Crippen LogP contribution in [0.15, 0.2) is 84.6 Å². The van der Waals surface area contributed by atoms with Crippen LogP contribution in [0.1, 0.15) is 53.3 Å². The van der Waals surface area contributed by atoms with Gasteiger partial charge in [-0.15, -0.1) is 11.3 Å². The Hall–Kier alpha value is -3.91. The monoisotopic (exact) mass is 516 g/mol. The number of thiazole rings is 1. The van der Waals surface area contributed by atoms with Crippen LogP contribution in [0.3, 0.4) is 0 Å². The van der Waals surface area contributed by atoms with Gasteiger partial charge in [0.25, 0.3) is 5.91 Å². The molecule has 0 spiro atoms. The van der Waals surface area contributed by atoms with Crippen LogP contribution < -0.4 is 10.2 Å². The van der Waals surface area contributed by atoms with Crippen LogP contribution in [-0.4, -0.2) is 28.3 Å². The number of nitrogens with one attached hydrogen (secondary N) is 1. The number of carbonyl (C=O) groups is 2. The number of hydrogen-bond acceptors (Lipinski definition) is 5. The molecule has 2 aromatic carbocycles. The molecule has 1 N–H and O–H groups in total. The summed E-state index contributed by atoms with van der Waals surface area (Å²) < 4.78 is 13.6. The zero-order chi connectivity index (χ0) is 26.4. The SMILES string of the molecule is CC(C)(C)c1ccc(N(C(=O)c2nccs2)C(C(=O)NCCc2cccc(F)c2)c2cccnc2)cc1. The van der Waals surface area contributed by atoms with E-state index in [0.29, 0.717) is 17.7 Å². The van der Waals surface area contributed by atoms with Crippen LogP contribution in [0.2, 0.25) is 0 Å². The number of benzene rings is 2. The lowest BCUT2D eigenvalue weighted by molar-refractivity contribution is -0.122. The third-order valence-electron chi connectivity index (χ3n) is 5.95. The Labute approximate surface area is 220 Å². The fourth-order valence-electron chi connectivity index (χ4n) is 4.01. The van der Waals surface area contributed by atoms with Crippen molar-refractivity contribution in [3.63, 3.8) is 0 Å². The zero-order valence-electron chi connectivity index (χ0n) is 21.0. The molecule has 0 radical (unpaired) electrons. The molecule has 1 atom stereocenters. The molecule has 4 rings (SSSR count). The average Bonchev–Trinajstić information content (AvgIpc) is 3.42. The van der Waals surface area contributed by atoms with Gasteiger partial charge in [-0.3, -0.25) is 19.5 Å². The van der Waals surface area contributed by atoms with Gasteiger partial charge in [-0.25, -0.2) is 9.37 Å². The maximum absolute atomic E-state index is 13.8. The van der Waals surface area contributed by atoms with E-state index in [2.05, 4.69) is 36.1 Å². The van der Waals surface area contributed by atoms with E-state index in [0.717, 1.165) is 11.1 Å². The molecule has 1 unspecified atom stereocenters. The van der Waals surface area contributed by atoms with E-state index in [9.17, 15) is 14.0 Å². The second-order valence-corrected chi connectivity index (χ2v) is 10.6. The van der Waals surface area contributed by atoms with Gasteiger partial charge in [-0.2, -0.15) is 0 Å². The highest BCUT2D eigenvalue weighted by atomic mass is 32.1. The molecule has 0 fully saturated rings. The number of halogens is 1. The highest BCUT2D eigenvalue weighted by Gasteiger charge is 2.34. The Morgan fingerprint density at radius 3 is 2.46 bits per heavy atom. The Balaban J connectivity index is 1.69. The quantitative estimate of drug-likeness (QED) is 0.325. The lowest BCUT2D eigenvalue weighted by Crippen LogP contribution is -2.44. The summed E-state index contributed by atoms with van der Waals surface area (Å²) in [5, 5.41) is 4.94. The van der Waals surface area contributed by atoms with Crippen molar-refractivity contribution < 1.29 is 14.0 Å². The molecule has 37 heavy (non-hydrogen) atoms. The first-order valence-corrected chi connectivity index (χ1v) is 12.9. The van der Waals surface area contributed by atoms with Gasteiger partial charge in [-0.1, -0.05) is 51.1 Å². The Bertz CT molecular complexity index is 1340. The summed E-state index contributed by atoms with van der Waals surface area (Å²) in [6.07, 6.45) is 5.22. The van der Waals surface area contributed by atoms with Crippen molar-refractivity contribution in [2.75, 3.05) is 11.4 Å². The van der Waals surface area contributed by atoms with E-state index in [1.807, 2.05) is 30.3 Å². The van der Waals surface area contributed by atoms with Crippen LogP contribution in [0.4, 0.5) is 10.1 Å². The molecule has 190 valence electrons. The van der Waals surface area contributed by atoms with E-state index in [1.54, 1.807) is 42.2 Å². The van der Waals surface area contributed by atoms with Gasteiger partial charge in [0.1, 0.15) is 11.9 Å². The lowest BCUT2D eigenvalue weighted by atomic mass is 9.87. The van der Waals surface area contributed by atoms with Gasteiger partial charge < -0.3 is 5.32 Å². The smallest absolute Gasteiger partial charge is 0.288 e. The normalized spacial score (nSPS) is 12.1. The third kappa shape index (κ3) is 6.46. The van der Waals surface area contributed by atoms with Crippen LogP contribution >= 0.6 is 11.3 Å². The number of nitrogens with zero attached hydrogens (tertiary/aromatic N) is 3. The molecule has 2 aromatic heterocycles. The van der Waals surface area contributed by atoms with Gasteiger partial charge in [-0.05, 0) is 53.3 Å². The molecule has 0 aliphatic heterocycles. The van der Waals surface area contributed by atoms with Crippen molar-refractivity contribution in [2.45, 2.75) is 38.6 Å². The number of carbonyl (C=O) groups excluding carboxylic acids is 2. The number of amides is 2. The first-order chi connectivity index (χ1) is 17.7. The summed E-state index contributed by atoms with van der Waals surface area (Å²) in [5.41, 5.74) is 2.94. The summed E-state index contributed by atoms with van der Waals surface area (Å²) >= 11 is 1.22. The van der Waals surface area contributed by atoms with Gasteiger partial charge in [0, 0.05) is 41.8 Å². The van der Waals surface area contributed by atoms with E-state index in [4.69, 9.17) is 0 Å². The molecule has 2 heterocycles. The molecule has 0 saturated heterocycles. The highest BCUT2D eigenvalue weighted by molar-refractivity contribution is 7.11. The molecule has 4 aromatic rings. The van der Waals surface area contributed by atoms with E-state index in [1.165, 1.54) is 28.4 Å². The second-order valence-electron chi connectivity index (χ2n) is 9.67. The summed E-state index contributed by atoms with van der Waals surface area (Å²) in [6.45, 7) is 6.63. The number of pyridine rings is 1. The van der Waals surface area contributed by atoms with Crippen molar-refractivity contribution in [3.05, 3.63) is 112 Å². The molecule has 6 nitrogen and oxygen atoms in total. The predicted molar refractivity (Wildman–Crippen MR) is 144 cm³/mol. The standard InChI is InChI=1S/C29H29FN4O2S/c1-29(2,3)22-9-11-24(12-10-22)34(28(36)27-33-16-17-37-27)25(21-7-5-14-31-19-21)26(35)32-15-13-20-6-4-8-23(30)18-20/h4-12,14,16-19,25H,13,15H2,1-3H3,(H,32,35). The Kier molecular flexibility index (Phi) is 8.08. The van der Waals surface area contributed by atoms with Crippen LogP contribution in [-0.2, 0) is 16.6 Å². The van der Waals surface area contributed by atoms with E-state index < -0.39 is 6.04 Å². The summed E-state index contributed by atoms with van der Waals surface area (Å²) in [4.78, 5) is 37.3. The third-order valence-corrected chi connectivity index (χ3v) is 6.72. The topological polar surface area (TPSA) is 75.2 Å². The molecular weight excluding hydrogens is 487 g/mol. The molecule has 0 bridgehead atoms. The predicted octanol–water partition coefficient (Wildman–Crippen LogP) is 5.72. The maximum Gasteiger partial charge on any atom is 0.288 e. The maximum atomic E-state index is 13.8. The largest absolute Gasteiger partial charge is 0.354 e. The molecule has 8 heteroatoms. The van der Waals surface area contributed by atoms with E-state index >= 15 is 0 Å². The van der Waals surface area contributed by atoms with Crippen molar-refractivity contribution in [1.82, 2.24) is 15.3 Å². The van der Waals surface area contributed by atoms with Gasteiger partial charge >= 0.3 is 0 Å². The molecule has 0 aliphatic carbocycles. The minimum atomic E-state index is -0.988. The van der Waals surface area contributed by atoms with Crippen molar-refractivity contribution in [1.29, 1.82) is 0 Å². The number of hydrogen-bond donors (Lipinski definition) is 1. The summed E-state index contributed by atoms with van der Waals surface area (Å²) in [7, 11) is 0. The van der Waals surface area contributed by atoms with Crippen LogP contribution in [0, 0.1) is 5.82 Å². The number of aromatic nitrogens is 2. The second kappa shape index (κ2) is 11.4.